The first-order valence-electron chi connectivity index (χ1n) is 7.49. The van der Waals surface area contributed by atoms with Crippen LogP contribution in [-0.4, -0.2) is 0 Å². The van der Waals surface area contributed by atoms with Crippen LogP contribution in [0.2, 0.25) is 0 Å². The maximum absolute atomic E-state index is 2.35. The van der Waals surface area contributed by atoms with E-state index in [1.54, 1.807) is 0 Å². The molecular weight excluding hydrogens is 240 g/mol. The third-order valence-corrected chi connectivity index (χ3v) is 4.71. The lowest BCUT2D eigenvalue weighted by atomic mass is 9.77. The van der Waals surface area contributed by atoms with Crippen LogP contribution in [0.4, 0.5) is 0 Å². The number of fused-ring (bicyclic) bond motifs is 3. The van der Waals surface area contributed by atoms with Crippen LogP contribution in [-0.2, 0) is 10.8 Å². The monoisotopic (exact) mass is 264 g/mol. The summed E-state index contributed by atoms with van der Waals surface area (Å²) < 4.78 is 0. The van der Waals surface area contributed by atoms with Crippen molar-refractivity contribution in [3.63, 3.8) is 0 Å². The van der Waals surface area contributed by atoms with Crippen LogP contribution in [0, 0.1) is 6.92 Å². The van der Waals surface area contributed by atoms with E-state index in [4.69, 9.17) is 0 Å². The van der Waals surface area contributed by atoms with E-state index in [1.165, 1.54) is 33.4 Å². The molecule has 0 spiro atoms. The zero-order valence-corrected chi connectivity index (χ0v) is 13.5. The Bertz CT molecular complexity index is 682. The average molecular weight is 264 g/mol. The van der Waals surface area contributed by atoms with Gasteiger partial charge in [0.2, 0.25) is 0 Å². The molecule has 2 aromatic carbocycles. The number of aryl methyl sites for hydroxylation is 1. The number of hydrogen-bond donors (Lipinski definition) is 0. The van der Waals surface area contributed by atoms with Crippen LogP contribution in [0.25, 0.3) is 11.1 Å². The van der Waals surface area contributed by atoms with Gasteiger partial charge in [0.15, 0.2) is 0 Å². The second-order valence-electron chi connectivity index (χ2n) is 7.60. The maximum Gasteiger partial charge on any atom is 0.0158 e. The first-order chi connectivity index (χ1) is 9.24. The molecule has 0 heterocycles. The smallest absolute Gasteiger partial charge is 0.0158 e. The molecule has 0 saturated heterocycles. The molecule has 0 atom stereocenters. The number of benzene rings is 2. The minimum atomic E-state index is 0.111. The van der Waals surface area contributed by atoms with Gasteiger partial charge < -0.3 is 0 Å². The van der Waals surface area contributed by atoms with E-state index in [-0.39, 0.29) is 10.8 Å². The molecule has 104 valence electrons. The lowest BCUT2D eigenvalue weighted by Gasteiger charge is -2.27. The van der Waals surface area contributed by atoms with Gasteiger partial charge in [0.05, 0.1) is 0 Å². The first kappa shape index (κ1) is 13.4. The van der Waals surface area contributed by atoms with Gasteiger partial charge in [-0.3, -0.25) is 0 Å². The van der Waals surface area contributed by atoms with Gasteiger partial charge >= 0.3 is 0 Å². The summed E-state index contributed by atoms with van der Waals surface area (Å²) in [5, 5.41) is 0. The van der Waals surface area contributed by atoms with E-state index >= 15 is 0 Å². The molecule has 0 aliphatic heterocycles. The first-order valence-corrected chi connectivity index (χ1v) is 7.49. The molecule has 0 nitrogen and oxygen atoms in total. The van der Waals surface area contributed by atoms with Crippen molar-refractivity contribution in [1.29, 1.82) is 0 Å². The van der Waals surface area contributed by atoms with Crippen molar-refractivity contribution in [2.75, 3.05) is 0 Å². The zero-order chi connectivity index (χ0) is 14.7. The number of rotatable bonds is 0. The summed E-state index contributed by atoms with van der Waals surface area (Å²) in [4.78, 5) is 0. The van der Waals surface area contributed by atoms with Crippen LogP contribution >= 0.6 is 0 Å². The topological polar surface area (TPSA) is 0 Å². The van der Waals surface area contributed by atoms with Gasteiger partial charge in [-0.15, -0.1) is 0 Å². The molecule has 0 radical (unpaired) electrons. The van der Waals surface area contributed by atoms with Crippen LogP contribution < -0.4 is 0 Å². The van der Waals surface area contributed by atoms with Crippen LogP contribution in [0.5, 0.6) is 0 Å². The SMILES string of the molecule is Cc1ccc2c(c1C(C)(C)C)-c1ccccc1C2(C)C. The largest absolute Gasteiger partial charge is 0.0619 e. The van der Waals surface area contributed by atoms with Crippen molar-refractivity contribution in [2.24, 2.45) is 0 Å². The Morgan fingerprint density at radius 3 is 2.15 bits per heavy atom. The van der Waals surface area contributed by atoms with Gasteiger partial charge in [-0.05, 0) is 45.7 Å². The van der Waals surface area contributed by atoms with Crippen molar-refractivity contribution in [3.05, 3.63) is 58.7 Å². The third kappa shape index (κ3) is 1.67. The Morgan fingerprint density at radius 1 is 0.850 bits per heavy atom. The van der Waals surface area contributed by atoms with E-state index in [1.807, 2.05) is 0 Å². The molecule has 0 fully saturated rings. The highest BCUT2D eigenvalue weighted by atomic mass is 14.4. The highest BCUT2D eigenvalue weighted by Crippen LogP contribution is 2.52. The average Bonchev–Trinajstić information content (AvgIpc) is 2.57. The molecule has 0 unspecified atom stereocenters. The summed E-state index contributed by atoms with van der Waals surface area (Å²) in [6.45, 7) is 13.9. The Morgan fingerprint density at radius 2 is 1.50 bits per heavy atom. The fourth-order valence-corrected chi connectivity index (χ4v) is 3.87. The Balaban J connectivity index is 2.46. The predicted molar refractivity (Wildman–Crippen MR) is 87.4 cm³/mol. The van der Waals surface area contributed by atoms with Gasteiger partial charge in [-0.1, -0.05) is 71.0 Å². The molecule has 0 bridgehead atoms. The standard InChI is InChI=1S/C20H24/c1-13-11-12-16-17(18(13)19(2,3)4)14-9-7-8-10-15(14)20(16,5)6/h7-12H,1-6H3. The lowest BCUT2D eigenvalue weighted by Crippen LogP contribution is -2.18. The molecule has 0 amide bonds. The predicted octanol–water partition coefficient (Wildman–Crippen LogP) is 5.60. The summed E-state index contributed by atoms with van der Waals surface area (Å²) in [7, 11) is 0. The molecular formula is C20H24. The maximum atomic E-state index is 2.35. The summed E-state index contributed by atoms with van der Waals surface area (Å²) in [5.41, 5.74) is 9.05. The van der Waals surface area contributed by atoms with Crippen LogP contribution in [0.3, 0.4) is 0 Å². The fourth-order valence-electron chi connectivity index (χ4n) is 3.87. The summed E-state index contributed by atoms with van der Waals surface area (Å²) in [6.07, 6.45) is 0. The van der Waals surface area contributed by atoms with Crippen molar-refractivity contribution in [3.8, 4) is 11.1 Å². The van der Waals surface area contributed by atoms with Gasteiger partial charge in [0.1, 0.15) is 0 Å². The van der Waals surface area contributed by atoms with Crippen molar-refractivity contribution >= 4 is 0 Å². The Labute approximate surface area is 122 Å². The van der Waals surface area contributed by atoms with Gasteiger partial charge in [-0.2, -0.15) is 0 Å². The van der Waals surface area contributed by atoms with Crippen LogP contribution in [0.15, 0.2) is 36.4 Å². The van der Waals surface area contributed by atoms with Crippen LogP contribution in [0.1, 0.15) is 56.9 Å². The molecule has 0 heteroatoms. The summed E-state index contributed by atoms with van der Waals surface area (Å²) in [5.74, 6) is 0. The van der Waals surface area contributed by atoms with Gasteiger partial charge in [-0.25, -0.2) is 0 Å². The normalized spacial score (nSPS) is 15.9. The Kier molecular flexibility index (Phi) is 2.67. The van der Waals surface area contributed by atoms with Gasteiger partial charge in [0, 0.05) is 5.41 Å². The minimum absolute atomic E-state index is 0.111. The molecule has 0 aromatic heterocycles. The molecule has 20 heavy (non-hydrogen) atoms. The van der Waals surface area contributed by atoms with E-state index in [9.17, 15) is 0 Å². The highest BCUT2D eigenvalue weighted by Gasteiger charge is 2.38. The van der Waals surface area contributed by atoms with Crippen molar-refractivity contribution in [2.45, 2.75) is 52.4 Å². The van der Waals surface area contributed by atoms with Gasteiger partial charge in [0.25, 0.3) is 0 Å². The van der Waals surface area contributed by atoms with E-state index in [2.05, 4.69) is 77.9 Å². The molecule has 3 rings (SSSR count). The van der Waals surface area contributed by atoms with Crippen molar-refractivity contribution in [1.82, 2.24) is 0 Å². The van der Waals surface area contributed by atoms with Crippen molar-refractivity contribution < 1.29 is 0 Å². The molecule has 1 aliphatic carbocycles. The second-order valence-corrected chi connectivity index (χ2v) is 7.60. The molecule has 0 saturated carbocycles. The molecule has 2 aromatic rings. The van der Waals surface area contributed by atoms with E-state index in [0.717, 1.165) is 0 Å². The van der Waals surface area contributed by atoms with E-state index < -0.39 is 0 Å². The fraction of sp³-hybridized carbons (Fsp3) is 0.400. The quantitative estimate of drug-likeness (QED) is 0.581. The summed E-state index contributed by atoms with van der Waals surface area (Å²) in [6, 6.07) is 13.5. The van der Waals surface area contributed by atoms with E-state index in [0.29, 0.717) is 0 Å². The zero-order valence-electron chi connectivity index (χ0n) is 13.5. The lowest BCUT2D eigenvalue weighted by molar-refractivity contribution is 0.585. The highest BCUT2D eigenvalue weighted by molar-refractivity contribution is 5.84. The Hall–Kier alpha value is -1.56. The molecule has 0 N–H and O–H groups in total. The number of hydrogen-bond acceptors (Lipinski definition) is 0. The second kappa shape index (κ2) is 3.97. The third-order valence-electron chi connectivity index (χ3n) is 4.71. The molecule has 1 aliphatic rings. The minimum Gasteiger partial charge on any atom is -0.0619 e. The summed E-state index contributed by atoms with van der Waals surface area (Å²) >= 11 is 0.